The van der Waals surface area contributed by atoms with Gasteiger partial charge in [-0.15, -0.1) is 0 Å². The van der Waals surface area contributed by atoms with Crippen LogP contribution in [0, 0.1) is 11.8 Å². The van der Waals surface area contributed by atoms with Gasteiger partial charge in [-0.25, -0.2) is 0 Å². The molecule has 2 aromatic carbocycles. The molecule has 23 heavy (non-hydrogen) atoms. The second-order valence-electron chi connectivity index (χ2n) is 6.79. The predicted molar refractivity (Wildman–Crippen MR) is 98.9 cm³/mol. The maximum atomic E-state index is 6.35. The van der Waals surface area contributed by atoms with Crippen LogP contribution in [0.25, 0.3) is 10.8 Å². The summed E-state index contributed by atoms with van der Waals surface area (Å²) in [5, 5.41) is 2.73. The Kier molecular flexibility index (Phi) is 6.59. The van der Waals surface area contributed by atoms with Crippen molar-refractivity contribution >= 4 is 22.4 Å². The van der Waals surface area contributed by atoms with E-state index in [-0.39, 0.29) is 0 Å². The van der Waals surface area contributed by atoms with Crippen molar-refractivity contribution in [1.82, 2.24) is 0 Å². The van der Waals surface area contributed by atoms with Gasteiger partial charge in [0.05, 0.1) is 18.2 Å². The molecule has 0 aliphatic rings. The molecule has 0 unspecified atom stereocenters. The Morgan fingerprint density at radius 1 is 0.826 bits per heavy atom. The van der Waals surface area contributed by atoms with Gasteiger partial charge in [0.15, 0.2) is 0 Å². The fraction of sp³-hybridized carbons (Fsp3) is 0.500. The van der Waals surface area contributed by atoms with Crippen molar-refractivity contribution in [3.8, 4) is 11.5 Å². The largest absolute Gasteiger partial charge is 0.493 e. The summed E-state index contributed by atoms with van der Waals surface area (Å²) >= 11 is 6.35. The van der Waals surface area contributed by atoms with Crippen molar-refractivity contribution in [1.29, 1.82) is 0 Å². The zero-order chi connectivity index (χ0) is 16.8. The highest BCUT2D eigenvalue weighted by molar-refractivity contribution is 6.33. The second kappa shape index (κ2) is 8.44. The SMILES string of the molecule is CC(C)CCOc1cccc2c(OCCC(C)C)c(Cl)ccc12. The van der Waals surface area contributed by atoms with Crippen molar-refractivity contribution in [3.63, 3.8) is 0 Å². The summed E-state index contributed by atoms with van der Waals surface area (Å²) in [5.74, 6) is 2.90. The van der Waals surface area contributed by atoms with Gasteiger partial charge in [0.25, 0.3) is 0 Å². The highest BCUT2D eigenvalue weighted by atomic mass is 35.5. The molecule has 0 aromatic heterocycles. The van der Waals surface area contributed by atoms with Crippen molar-refractivity contribution in [2.24, 2.45) is 11.8 Å². The van der Waals surface area contributed by atoms with E-state index in [0.717, 1.165) is 41.7 Å². The Balaban J connectivity index is 2.24. The molecule has 0 bridgehead atoms. The molecule has 0 aliphatic carbocycles. The third-order valence-electron chi connectivity index (χ3n) is 3.82. The first-order valence-corrected chi connectivity index (χ1v) is 8.83. The highest BCUT2D eigenvalue weighted by Crippen LogP contribution is 2.37. The third-order valence-corrected chi connectivity index (χ3v) is 4.12. The minimum absolute atomic E-state index is 0.610. The normalized spacial score (nSPS) is 11.4. The van der Waals surface area contributed by atoms with Gasteiger partial charge in [-0.05, 0) is 42.9 Å². The number of hydrogen-bond acceptors (Lipinski definition) is 2. The number of benzene rings is 2. The van der Waals surface area contributed by atoms with Crippen molar-refractivity contribution in [2.45, 2.75) is 40.5 Å². The molecule has 0 radical (unpaired) electrons. The van der Waals surface area contributed by atoms with E-state index >= 15 is 0 Å². The first-order valence-electron chi connectivity index (χ1n) is 8.46. The first-order chi connectivity index (χ1) is 11.0. The molecule has 0 saturated heterocycles. The van der Waals surface area contributed by atoms with Crippen LogP contribution < -0.4 is 9.47 Å². The Labute approximate surface area is 144 Å². The fourth-order valence-electron chi connectivity index (χ4n) is 2.35. The molecular weight excluding hydrogens is 308 g/mol. The van der Waals surface area contributed by atoms with E-state index in [2.05, 4.69) is 27.7 Å². The molecule has 0 spiro atoms. The Bertz CT molecular complexity index is 635. The first kappa shape index (κ1) is 17.9. The van der Waals surface area contributed by atoms with Gasteiger partial charge in [0.2, 0.25) is 0 Å². The zero-order valence-corrected chi connectivity index (χ0v) is 15.3. The molecule has 126 valence electrons. The summed E-state index contributed by atoms with van der Waals surface area (Å²) in [6.45, 7) is 10.2. The Morgan fingerprint density at radius 3 is 2.13 bits per heavy atom. The van der Waals surface area contributed by atoms with E-state index in [9.17, 15) is 0 Å². The topological polar surface area (TPSA) is 18.5 Å². The molecule has 0 aliphatic heterocycles. The highest BCUT2D eigenvalue weighted by Gasteiger charge is 2.11. The van der Waals surface area contributed by atoms with Crippen molar-refractivity contribution in [3.05, 3.63) is 35.4 Å². The van der Waals surface area contributed by atoms with Crippen molar-refractivity contribution in [2.75, 3.05) is 13.2 Å². The second-order valence-corrected chi connectivity index (χ2v) is 7.20. The van der Waals surface area contributed by atoms with E-state index in [1.165, 1.54) is 0 Å². The van der Waals surface area contributed by atoms with E-state index in [1.807, 2.05) is 30.3 Å². The van der Waals surface area contributed by atoms with Crippen LogP contribution >= 0.6 is 11.6 Å². The summed E-state index contributed by atoms with van der Waals surface area (Å²) in [5.41, 5.74) is 0. The monoisotopic (exact) mass is 334 g/mol. The van der Waals surface area contributed by atoms with E-state index in [1.54, 1.807) is 0 Å². The number of hydrogen-bond donors (Lipinski definition) is 0. The quantitative estimate of drug-likeness (QED) is 0.560. The molecular formula is C20H27ClO2. The van der Waals surface area contributed by atoms with E-state index < -0.39 is 0 Å². The van der Waals surface area contributed by atoms with Crippen LogP contribution in [0.1, 0.15) is 40.5 Å². The molecule has 2 rings (SSSR count). The molecule has 2 aromatic rings. The molecule has 3 heteroatoms. The van der Waals surface area contributed by atoms with E-state index in [0.29, 0.717) is 23.5 Å². The lowest BCUT2D eigenvalue weighted by Crippen LogP contribution is -2.03. The molecule has 0 N–H and O–H groups in total. The van der Waals surface area contributed by atoms with Crippen LogP contribution in [-0.2, 0) is 0 Å². The van der Waals surface area contributed by atoms with Crippen molar-refractivity contribution < 1.29 is 9.47 Å². The predicted octanol–water partition coefficient (Wildman–Crippen LogP) is 6.34. The number of rotatable bonds is 8. The van der Waals surface area contributed by atoms with Gasteiger partial charge >= 0.3 is 0 Å². The average molecular weight is 335 g/mol. The third kappa shape index (κ3) is 5.04. The molecule has 0 heterocycles. The molecule has 0 fully saturated rings. The average Bonchev–Trinajstić information content (AvgIpc) is 2.49. The van der Waals surface area contributed by atoms with Crippen LogP contribution in [0.4, 0.5) is 0 Å². The van der Waals surface area contributed by atoms with Crippen LogP contribution in [0.2, 0.25) is 5.02 Å². The Morgan fingerprint density at radius 2 is 1.48 bits per heavy atom. The maximum absolute atomic E-state index is 6.35. The Hall–Kier alpha value is -1.41. The minimum Gasteiger partial charge on any atom is -0.493 e. The number of halogens is 1. The van der Waals surface area contributed by atoms with Gasteiger partial charge in [-0.1, -0.05) is 51.4 Å². The standard InChI is InChI=1S/C20H27ClO2/c1-14(2)10-12-22-19-7-5-6-17-16(19)8-9-18(21)20(17)23-13-11-15(3)4/h5-9,14-15H,10-13H2,1-4H3. The molecule has 2 nitrogen and oxygen atoms in total. The van der Waals surface area contributed by atoms with Crippen LogP contribution in [0.15, 0.2) is 30.3 Å². The lowest BCUT2D eigenvalue weighted by Gasteiger charge is -2.15. The van der Waals surface area contributed by atoms with Crippen LogP contribution in [0.3, 0.4) is 0 Å². The lowest BCUT2D eigenvalue weighted by atomic mass is 10.1. The summed E-state index contributed by atoms with van der Waals surface area (Å²) in [4.78, 5) is 0. The zero-order valence-electron chi connectivity index (χ0n) is 14.6. The van der Waals surface area contributed by atoms with Gasteiger partial charge in [-0.3, -0.25) is 0 Å². The molecule has 0 amide bonds. The summed E-state index contributed by atoms with van der Waals surface area (Å²) in [7, 11) is 0. The minimum atomic E-state index is 0.610. The van der Waals surface area contributed by atoms with Crippen LogP contribution in [0.5, 0.6) is 11.5 Å². The summed E-state index contributed by atoms with van der Waals surface area (Å²) < 4.78 is 11.9. The number of ether oxygens (including phenoxy) is 2. The summed E-state index contributed by atoms with van der Waals surface area (Å²) in [6, 6.07) is 9.95. The van der Waals surface area contributed by atoms with Gasteiger partial charge < -0.3 is 9.47 Å². The van der Waals surface area contributed by atoms with Gasteiger partial charge in [-0.2, -0.15) is 0 Å². The van der Waals surface area contributed by atoms with Gasteiger partial charge in [0.1, 0.15) is 11.5 Å². The van der Waals surface area contributed by atoms with E-state index in [4.69, 9.17) is 21.1 Å². The molecule has 0 atom stereocenters. The fourth-order valence-corrected chi connectivity index (χ4v) is 2.57. The summed E-state index contributed by atoms with van der Waals surface area (Å²) in [6.07, 6.45) is 2.05. The van der Waals surface area contributed by atoms with Gasteiger partial charge in [0, 0.05) is 10.8 Å². The maximum Gasteiger partial charge on any atom is 0.145 e. The molecule has 0 saturated carbocycles. The van der Waals surface area contributed by atoms with Crippen LogP contribution in [-0.4, -0.2) is 13.2 Å². The number of fused-ring (bicyclic) bond motifs is 1. The smallest absolute Gasteiger partial charge is 0.145 e. The lowest BCUT2D eigenvalue weighted by molar-refractivity contribution is 0.290.